The molecule has 0 atom stereocenters. The van der Waals surface area contributed by atoms with E-state index < -0.39 is 0 Å². The van der Waals surface area contributed by atoms with Crippen molar-refractivity contribution < 1.29 is 4.79 Å². The minimum absolute atomic E-state index is 0.0145. The zero-order chi connectivity index (χ0) is 13.8. The van der Waals surface area contributed by atoms with Crippen LogP contribution in [0.25, 0.3) is 0 Å². The van der Waals surface area contributed by atoms with Gasteiger partial charge in [-0.1, -0.05) is 45.2 Å². The van der Waals surface area contributed by atoms with Crippen molar-refractivity contribution in [3.63, 3.8) is 0 Å². The molecule has 0 spiro atoms. The maximum atomic E-state index is 11.9. The molecule has 0 unspecified atom stereocenters. The van der Waals surface area contributed by atoms with Gasteiger partial charge in [-0.3, -0.25) is 4.79 Å². The first-order chi connectivity index (χ1) is 8.34. The van der Waals surface area contributed by atoms with E-state index in [0.29, 0.717) is 16.5 Å². The summed E-state index contributed by atoms with van der Waals surface area (Å²) in [7, 11) is 0. The molecule has 0 bridgehead atoms. The molecular formula is C13H16BrCl2NO. The van der Waals surface area contributed by atoms with Crippen molar-refractivity contribution in [3.8, 4) is 0 Å². The van der Waals surface area contributed by atoms with Crippen molar-refractivity contribution in [2.24, 2.45) is 0 Å². The number of alkyl halides is 1. The quantitative estimate of drug-likeness (QED) is 0.790. The minimum atomic E-state index is -0.212. The molecular weight excluding hydrogens is 337 g/mol. The lowest BCUT2D eigenvalue weighted by molar-refractivity contribution is -0.122. The summed E-state index contributed by atoms with van der Waals surface area (Å²) in [6.45, 7) is 4.00. The summed E-state index contributed by atoms with van der Waals surface area (Å²) in [6.07, 6.45) is 1.18. The first-order valence-electron chi connectivity index (χ1n) is 5.65. The third kappa shape index (κ3) is 5.17. The minimum Gasteiger partial charge on any atom is -0.351 e. The Hall–Kier alpha value is -0.250. The molecule has 18 heavy (non-hydrogen) atoms. The standard InChI is InChI=1S/C13H16BrCl2NO/c1-13(2,5-6-14)17-12(18)8-9-3-4-10(15)11(16)7-9/h3-4,7H,5-6,8H2,1-2H3,(H,17,18). The predicted octanol–water partition coefficient (Wildman–Crippen LogP) is 4.22. The van der Waals surface area contributed by atoms with Crippen LogP contribution in [0.1, 0.15) is 25.8 Å². The molecule has 1 aromatic rings. The van der Waals surface area contributed by atoms with E-state index in [1.807, 2.05) is 19.9 Å². The van der Waals surface area contributed by atoms with Gasteiger partial charge in [0, 0.05) is 10.9 Å². The molecule has 0 aromatic heterocycles. The summed E-state index contributed by atoms with van der Waals surface area (Å²) in [4.78, 5) is 11.9. The highest BCUT2D eigenvalue weighted by atomic mass is 79.9. The third-order valence-electron chi connectivity index (χ3n) is 2.55. The van der Waals surface area contributed by atoms with Gasteiger partial charge in [-0.25, -0.2) is 0 Å². The molecule has 5 heteroatoms. The number of carbonyl (C=O) groups excluding carboxylic acids is 1. The Morgan fingerprint density at radius 1 is 1.33 bits per heavy atom. The van der Waals surface area contributed by atoms with Crippen LogP contribution in [-0.2, 0) is 11.2 Å². The van der Waals surface area contributed by atoms with Gasteiger partial charge in [-0.2, -0.15) is 0 Å². The van der Waals surface area contributed by atoms with Gasteiger partial charge in [0.1, 0.15) is 0 Å². The number of benzene rings is 1. The number of hydrogen-bond acceptors (Lipinski definition) is 1. The summed E-state index contributed by atoms with van der Waals surface area (Å²) < 4.78 is 0. The lowest BCUT2D eigenvalue weighted by Gasteiger charge is -2.25. The van der Waals surface area contributed by atoms with Gasteiger partial charge in [0.25, 0.3) is 0 Å². The maximum Gasteiger partial charge on any atom is 0.224 e. The molecule has 0 radical (unpaired) electrons. The van der Waals surface area contributed by atoms with E-state index in [0.717, 1.165) is 17.3 Å². The first kappa shape index (κ1) is 15.8. The SMILES string of the molecule is CC(C)(CCBr)NC(=O)Cc1ccc(Cl)c(Cl)c1. The van der Waals surface area contributed by atoms with Crippen molar-refractivity contribution in [1.82, 2.24) is 5.32 Å². The number of carbonyl (C=O) groups is 1. The topological polar surface area (TPSA) is 29.1 Å². The van der Waals surface area contributed by atoms with Gasteiger partial charge in [0.05, 0.1) is 16.5 Å². The van der Waals surface area contributed by atoms with Gasteiger partial charge in [-0.15, -0.1) is 0 Å². The zero-order valence-corrected chi connectivity index (χ0v) is 13.5. The number of nitrogens with one attached hydrogen (secondary N) is 1. The second-order valence-corrected chi connectivity index (χ2v) is 6.40. The Bertz CT molecular complexity index is 435. The molecule has 0 aliphatic carbocycles. The van der Waals surface area contributed by atoms with E-state index >= 15 is 0 Å². The summed E-state index contributed by atoms with van der Waals surface area (Å²) >= 11 is 15.1. The van der Waals surface area contributed by atoms with Crippen LogP contribution >= 0.6 is 39.1 Å². The molecule has 0 aliphatic rings. The van der Waals surface area contributed by atoms with Crippen LogP contribution in [0.2, 0.25) is 10.0 Å². The van der Waals surface area contributed by atoms with Crippen molar-refractivity contribution in [1.29, 1.82) is 0 Å². The summed E-state index contributed by atoms with van der Waals surface area (Å²) in [6, 6.07) is 5.24. The van der Waals surface area contributed by atoms with Gasteiger partial charge < -0.3 is 5.32 Å². The smallest absolute Gasteiger partial charge is 0.224 e. The van der Waals surface area contributed by atoms with Gasteiger partial charge in [0.15, 0.2) is 0 Å². The normalized spacial score (nSPS) is 11.4. The number of halogens is 3. The van der Waals surface area contributed by atoms with E-state index in [-0.39, 0.29) is 11.4 Å². The molecule has 100 valence electrons. The maximum absolute atomic E-state index is 11.9. The predicted molar refractivity (Wildman–Crippen MR) is 80.8 cm³/mol. The van der Waals surface area contributed by atoms with Crippen LogP contribution in [0.5, 0.6) is 0 Å². The second-order valence-electron chi connectivity index (χ2n) is 4.80. The number of rotatable bonds is 5. The second kappa shape index (κ2) is 6.78. The molecule has 1 amide bonds. The fourth-order valence-electron chi connectivity index (χ4n) is 1.56. The third-order valence-corrected chi connectivity index (χ3v) is 3.68. The fraction of sp³-hybridized carbons (Fsp3) is 0.462. The van der Waals surface area contributed by atoms with Crippen molar-refractivity contribution in [3.05, 3.63) is 33.8 Å². The van der Waals surface area contributed by atoms with E-state index in [4.69, 9.17) is 23.2 Å². The molecule has 0 saturated heterocycles. The van der Waals surface area contributed by atoms with E-state index in [1.54, 1.807) is 12.1 Å². The average molecular weight is 353 g/mol. The Labute approximate surface area is 126 Å². The lowest BCUT2D eigenvalue weighted by atomic mass is 10.0. The lowest BCUT2D eigenvalue weighted by Crippen LogP contribution is -2.44. The van der Waals surface area contributed by atoms with E-state index in [2.05, 4.69) is 21.2 Å². The Balaban J connectivity index is 2.62. The monoisotopic (exact) mass is 351 g/mol. The molecule has 1 N–H and O–H groups in total. The van der Waals surface area contributed by atoms with E-state index in [9.17, 15) is 4.79 Å². The van der Waals surface area contributed by atoms with Crippen LogP contribution in [0, 0.1) is 0 Å². The van der Waals surface area contributed by atoms with Crippen LogP contribution in [-0.4, -0.2) is 16.8 Å². The molecule has 1 aromatic carbocycles. The fourth-order valence-corrected chi connectivity index (χ4v) is 2.87. The van der Waals surface area contributed by atoms with Gasteiger partial charge >= 0.3 is 0 Å². The molecule has 0 fully saturated rings. The Kier molecular flexibility index (Phi) is 5.96. The molecule has 0 aliphatic heterocycles. The summed E-state index contributed by atoms with van der Waals surface area (Å²) in [5.74, 6) is -0.0145. The highest BCUT2D eigenvalue weighted by molar-refractivity contribution is 9.09. The van der Waals surface area contributed by atoms with Crippen LogP contribution in [0.3, 0.4) is 0 Å². The first-order valence-corrected chi connectivity index (χ1v) is 7.53. The summed E-state index contributed by atoms with van der Waals surface area (Å²) in [5.41, 5.74) is 0.646. The highest BCUT2D eigenvalue weighted by Crippen LogP contribution is 2.22. The summed E-state index contributed by atoms with van der Waals surface area (Å²) in [5, 5.41) is 4.82. The molecule has 1 rings (SSSR count). The molecule has 2 nitrogen and oxygen atoms in total. The highest BCUT2D eigenvalue weighted by Gasteiger charge is 2.19. The largest absolute Gasteiger partial charge is 0.351 e. The van der Waals surface area contributed by atoms with E-state index in [1.165, 1.54) is 0 Å². The van der Waals surface area contributed by atoms with Gasteiger partial charge in [-0.05, 0) is 38.0 Å². The number of hydrogen-bond donors (Lipinski definition) is 1. The molecule has 0 saturated carbocycles. The average Bonchev–Trinajstić information content (AvgIpc) is 2.22. The van der Waals surface area contributed by atoms with Crippen LogP contribution in [0.4, 0.5) is 0 Å². The van der Waals surface area contributed by atoms with Gasteiger partial charge in [0.2, 0.25) is 5.91 Å². The number of amides is 1. The van der Waals surface area contributed by atoms with Crippen molar-refractivity contribution >= 4 is 45.0 Å². The van der Waals surface area contributed by atoms with Crippen molar-refractivity contribution in [2.45, 2.75) is 32.2 Å². The Morgan fingerprint density at radius 3 is 2.56 bits per heavy atom. The molecule has 0 heterocycles. The Morgan fingerprint density at radius 2 is 2.00 bits per heavy atom. The van der Waals surface area contributed by atoms with Crippen LogP contribution < -0.4 is 5.32 Å². The van der Waals surface area contributed by atoms with Crippen LogP contribution in [0.15, 0.2) is 18.2 Å². The van der Waals surface area contributed by atoms with Crippen molar-refractivity contribution in [2.75, 3.05) is 5.33 Å². The zero-order valence-electron chi connectivity index (χ0n) is 10.4.